The van der Waals surface area contributed by atoms with E-state index in [1.807, 2.05) is 52.8 Å². The minimum atomic E-state index is -2.65. The Morgan fingerprint density at radius 3 is 2.42 bits per heavy atom. The Bertz CT molecular complexity index is 1010. The van der Waals surface area contributed by atoms with Crippen molar-refractivity contribution in [1.29, 1.82) is 0 Å². The minimum Gasteiger partial charge on any atom is -0.355 e. The van der Waals surface area contributed by atoms with Crippen LogP contribution in [-0.4, -0.2) is 46.7 Å². The van der Waals surface area contributed by atoms with E-state index in [0.29, 0.717) is 17.2 Å². The van der Waals surface area contributed by atoms with Crippen LogP contribution in [0.3, 0.4) is 0 Å². The second-order valence-corrected chi connectivity index (χ2v) is 9.93. The lowest BCUT2D eigenvalue weighted by Crippen LogP contribution is -2.33. The fourth-order valence-electron chi connectivity index (χ4n) is 3.06. The van der Waals surface area contributed by atoms with Crippen molar-refractivity contribution >= 4 is 43.9 Å². The lowest BCUT2D eigenvalue weighted by molar-refractivity contribution is 0.0958. The predicted octanol–water partition coefficient (Wildman–Crippen LogP) is 3.42. The summed E-state index contributed by atoms with van der Waals surface area (Å²) in [6.45, 7) is 11.1. The smallest absolute Gasteiger partial charge is 0.282 e. The van der Waals surface area contributed by atoms with Crippen LogP contribution in [0.5, 0.6) is 0 Å². The molecule has 0 spiro atoms. The van der Waals surface area contributed by atoms with E-state index in [0.717, 1.165) is 29.0 Å². The highest BCUT2D eigenvalue weighted by molar-refractivity contribution is 7.98. The van der Waals surface area contributed by atoms with Crippen LogP contribution in [0.1, 0.15) is 64.5 Å². The van der Waals surface area contributed by atoms with Gasteiger partial charge in [-0.25, -0.2) is 9.19 Å². The number of aryl methyl sites for hydroxylation is 1. The van der Waals surface area contributed by atoms with Crippen LogP contribution >= 0.6 is 11.3 Å². The summed E-state index contributed by atoms with van der Waals surface area (Å²) in [7, 11) is -1.04. The number of hydrogen-bond acceptors (Lipinski definition) is 6. The molecule has 2 N–H and O–H groups in total. The maximum atomic E-state index is 12.3. The number of anilines is 1. The molecule has 0 radical (unpaired) electrons. The number of nitrogens with zero attached hydrogens (tertiary/aromatic N) is 2. The van der Waals surface area contributed by atoms with Gasteiger partial charge in [-0.3, -0.25) is 14.3 Å². The summed E-state index contributed by atoms with van der Waals surface area (Å²) in [5.74, 6) is 2.85. The normalized spacial score (nSPS) is 14.0. The third-order valence-electron chi connectivity index (χ3n) is 4.32. The van der Waals surface area contributed by atoms with Gasteiger partial charge in [0.15, 0.2) is 5.13 Å². The highest BCUT2D eigenvalue weighted by Gasteiger charge is 2.25. The van der Waals surface area contributed by atoms with Crippen LogP contribution in [0.2, 0.25) is 0 Å². The molecule has 1 aliphatic rings. The number of fused-ring (bicyclic) bond motifs is 1. The summed E-state index contributed by atoms with van der Waals surface area (Å²) < 4.78 is 14.1. The Morgan fingerprint density at radius 1 is 1.19 bits per heavy atom. The molecule has 2 amide bonds. The van der Waals surface area contributed by atoms with E-state index < -0.39 is 15.6 Å². The second kappa shape index (κ2) is 11.9. The molecule has 2 heterocycles. The van der Waals surface area contributed by atoms with Crippen molar-refractivity contribution in [3.63, 3.8) is 0 Å². The third-order valence-corrected chi connectivity index (χ3v) is 5.97. The van der Waals surface area contributed by atoms with Gasteiger partial charge in [-0.1, -0.05) is 39.8 Å². The van der Waals surface area contributed by atoms with Gasteiger partial charge < -0.3 is 10.2 Å². The molecule has 9 heteroatoms. The molecule has 0 fully saturated rings. The van der Waals surface area contributed by atoms with Gasteiger partial charge in [0.05, 0.1) is 0 Å². The number of carbonyl (C=O) groups excluding carboxylic acids is 2. The first-order valence-electron chi connectivity index (χ1n) is 10.4. The summed E-state index contributed by atoms with van der Waals surface area (Å²) in [5.41, 5.74) is 3.06. The highest BCUT2D eigenvalue weighted by atomic mass is 32.2. The van der Waals surface area contributed by atoms with Gasteiger partial charge in [-0.05, 0) is 36.4 Å². The summed E-state index contributed by atoms with van der Waals surface area (Å²) in [5, 5.41) is 3.39. The third kappa shape index (κ3) is 6.80. The van der Waals surface area contributed by atoms with Crippen LogP contribution in [0.4, 0.5) is 5.13 Å². The standard InChI is InChI=1S/C18H22N4O3S2.2C2H6/c1-11-15(17(24)21-27(3,4)25)20-18(26-11)22-9-8-12-6-5-7-13(14(12)10-22)16(23)19-2;2*1-2/h5-7H,3,8-10H2,1-2,4H3,(H,19,23)(H,21,24,25);2*1-2H3. The van der Waals surface area contributed by atoms with Crippen LogP contribution in [0.25, 0.3) is 0 Å². The first kappa shape index (κ1) is 26.6. The number of aromatic nitrogens is 1. The van der Waals surface area contributed by atoms with Gasteiger partial charge in [0.25, 0.3) is 11.8 Å². The van der Waals surface area contributed by atoms with Gasteiger partial charge in [-0.15, -0.1) is 11.3 Å². The van der Waals surface area contributed by atoms with E-state index >= 15 is 0 Å². The Labute approximate surface area is 190 Å². The van der Waals surface area contributed by atoms with E-state index in [-0.39, 0.29) is 11.6 Å². The predicted molar refractivity (Wildman–Crippen MR) is 133 cm³/mol. The molecular weight excluding hydrogens is 432 g/mol. The minimum absolute atomic E-state index is 0.114. The number of hydrogen-bond donors (Lipinski definition) is 2. The van der Waals surface area contributed by atoms with Crippen LogP contribution < -0.4 is 14.9 Å². The summed E-state index contributed by atoms with van der Waals surface area (Å²) in [4.78, 5) is 31.8. The molecule has 0 saturated heterocycles. The van der Waals surface area contributed by atoms with E-state index in [1.165, 1.54) is 17.6 Å². The Balaban J connectivity index is 0.00000113. The molecule has 1 aromatic heterocycles. The average molecular weight is 467 g/mol. The zero-order chi connectivity index (χ0) is 23.8. The van der Waals surface area contributed by atoms with Gasteiger partial charge in [0.2, 0.25) is 0 Å². The largest absolute Gasteiger partial charge is 0.355 e. The van der Waals surface area contributed by atoms with Crippen LogP contribution in [-0.2, 0) is 22.7 Å². The Kier molecular flexibility index (Phi) is 10.2. The fraction of sp³-hybridized carbons (Fsp3) is 0.455. The number of nitrogens with one attached hydrogen (secondary N) is 2. The highest BCUT2D eigenvalue weighted by Crippen LogP contribution is 2.31. The molecule has 1 aromatic carbocycles. The Hall–Kier alpha value is -2.39. The molecule has 2 aromatic rings. The molecule has 7 nitrogen and oxygen atoms in total. The van der Waals surface area contributed by atoms with E-state index in [9.17, 15) is 13.8 Å². The fourth-order valence-corrected chi connectivity index (χ4v) is 4.48. The van der Waals surface area contributed by atoms with E-state index in [4.69, 9.17) is 0 Å². The van der Waals surface area contributed by atoms with Crippen LogP contribution in [0, 0.1) is 6.92 Å². The van der Waals surface area contributed by atoms with Crippen molar-refractivity contribution in [2.75, 3.05) is 24.7 Å². The SMILES string of the molecule is C=S(C)(=O)NC(=O)c1nc(N2CCc3cccc(C(=O)NC)c3C2)sc1C.CC.CC. The van der Waals surface area contributed by atoms with E-state index in [2.05, 4.69) is 25.8 Å². The number of benzene rings is 1. The second-order valence-electron chi connectivity index (χ2n) is 6.53. The van der Waals surface area contributed by atoms with Crippen molar-refractivity contribution < 1.29 is 13.8 Å². The summed E-state index contributed by atoms with van der Waals surface area (Å²) in [6, 6.07) is 5.76. The van der Waals surface area contributed by atoms with E-state index in [1.54, 1.807) is 7.05 Å². The monoisotopic (exact) mass is 466 g/mol. The molecule has 31 heavy (non-hydrogen) atoms. The lowest BCUT2D eigenvalue weighted by Gasteiger charge is -2.29. The zero-order valence-corrected chi connectivity index (χ0v) is 21.1. The molecule has 172 valence electrons. The van der Waals surface area contributed by atoms with Crippen molar-refractivity contribution in [2.24, 2.45) is 0 Å². The zero-order valence-electron chi connectivity index (χ0n) is 19.5. The van der Waals surface area contributed by atoms with Gasteiger partial charge in [0, 0.05) is 46.5 Å². The lowest BCUT2D eigenvalue weighted by atomic mass is 9.94. The first-order chi connectivity index (χ1) is 14.7. The van der Waals surface area contributed by atoms with Crippen LogP contribution in [0.15, 0.2) is 18.2 Å². The van der Waals surface area contributed by atoms with Gasteiger partial charge in [0.1, 0.15) is 5.69 Å². The molecule has 1 unspecified atom stereocenters. The van der Waals surface area contributed by atoms with Crippen molar-refractivity contribution in [3.05, 3.63) is 45.5 Å². The maximum Gasteiger partial charge on any atom is 0.282 e. The average Bonchev–Trinajstić information content (AvgIpc) is 3.16. The van der Waals surface area contributed by atoms with Crippen molar-refractivity contribution in [3.8, 4) is 0 Å². The maximum absolute atomic E-state index is 12.3. The quantitative estimate of drug-likeness (QED) is 0.674. The van der Waals surface area contributed by atoms with Crippen molar-refractivity contribution in [1.82, 2.24) is 15.0 Å². The molecule has 0 bridgehead atoms. The number of rotatable bonds is 4. The molecule has 0 saturated carbocycles. The summed E-state index contributed by atoms with van der Waals surface area (Å²) >= 11 is 1.41. The summed E-state index contributed by atoms with van der Waals surface area (Å²) in [6.07, 6.45) is 2.16. The molecule has 3 rings (SSSR count). The molecule has 1 aliphatic heterocycles. The molecule has 1 atom stereocenters. The first-order valence-corrected chi connectivity index (χ1v) is 13.3. The van der Waals surface area contributed by atoms with Gasteiger partial charge >= 0.3 is 0 Å². The number of carbonyl (C=O) groups is 2. The van der Waals surface area contributed by atoms with Gasteiger partial charge in [-0.2, -0.15) is 0 Å². The Morgan fingerprint density at radius 2 is 1.84 bits per heavy atom. The number of amides is 2. The molecular formula is C22H34N4O3S2. The topological polar surface area (TPSA) is 91.4 Å². The molecule has 0 aliphatic carbocycles. The number of thiazole rings is 1. The van der Waals surface area contributed by atoms with Crippen molar-refractivity contribution in [2.45, 2.75) is 47.6 Å².